The summed E-state index contributed by atoms with van der Waals surface area (Å²) in [7, 11) is -0.840. The predicted octanol–water partition coefficient (Wildman–Crippen LogP) is 4.00. The van der Waals surface area contributed by atoms with Crippen molar-refractivity contribution in [1.82, 2.24) is 29.7 Å². The van der Waals surface area contributed by atoms with Crippen LogP contribution < -0.4 is 4.74 Å². The molecule has 4 atom stereocenters. The molecule has 13 heteroatoms. The molecule has 0 N–H and O–H groups in total. The van der Waals surface area contributed by atoms with Gasteiger partial charge in [-0.05, 0) is 38.7 Å². The summed E-state index contributed by atoms with van der Waals surface area (Å²) in [6, 6.07) is 5.18. The van der Waals surface area contributed by atoms with Gasteiger partial charge in [-0.3, -0.25) is 0 Å². The Bertz CT molecular complexity index is 1310. The van der Waals surface area contributed by atoms with Crippen molar-refractivity contribution in [3.8, 4) is 17.4 Å². The maximum atomic E-state index is 13.7. The summed E-state index contributed by atoms with van der Waals surface area (Å²) in [6.07, 6.45) is 5.44. The fraction of sp³-hybridized carbons (Fsp3) is 0.560. The second-order valence-electron chi connectivity index (χ2n) is 9.18. The van der Waals surface area contributed by atoms with E-state index in [2.05, 4.69) is 25.1 Å². The van der Waals surface area contributed by atoms with Gasteiger partial charge in [-0.15, -0.1) is 10.2 Å². The first-order valence-corrected chi connectivity index (χ1v) is 14.7. The van der Waals surface area contributed by atoms with E-state index in [1.165, 1.54) is 26.6 Å². The molecule has 4 heterocycles. The Hall–Kier alpha value is -2.67. The summed E-state index contributed by atoms with van der Waals surface area (Å²) in [6.45, 7) is 4.29. The van der Waals surface area contributed by atoms with Gasteiger partial charge in [0.05, 0.1) is 29.5 Å². The van der Waals surface area contributed by atoms with Gasteiger partial charge in [0.1, 0.15) is 23.4 Å². The van der Waals surface area contributed by atoms with E-state index in [0.717, 1.165) is 19.3 Å². The van der Waals surface area contributed by atoms with Crippen molar-refractivity contribution in [3.63, 3.8) is 0 Å². The summed E-state index contributed by atoms with van der Waals surface area (Å²) in [4.78, 5) is 12.9. The van der Waals surface area contributed by atoms with Crippen molar-refractivity contribution in [1.29, 1.82) is 0 Å². The lowest BCUT2D eigenvalue weighted by Crippen LogP contribution is -2.33. The Morgan fingerprint density at radius 2 is 1.95 bits per heavy atom. The summed E-state index contributed by atoms with van der Waals surface area (Å²) >= 11 is 5.91. The number of pyridine rings is 1. The largest absolute Gasteiger partial charge is 0.481 e. The average Bonchev–Trinajstić information content (AvgIpc) is 3.33. The van der Waals surface area contributed by atoms with Crippen LogP contribution in [0.15, 0.2) is 30.6 Å². The molecule has 38 heavy (non-hydrogen) atoms. The summed E-state index contributed by atoms with van der Waals surface area (Å²) in [5.41, 5.74) is 0.534. The van der Waals surface area contributed by atoms with Crippen molar-refractivity contribution < 1.29 is 22.6 Å². The zero-order valence-electron chi connectivity index (χ0n) is 21.9. The number of ether oxygens (including phenoxy) is 3. The van der Waals surface area contributed by atoms with E-state index in [-0.39, 0.29) is 23.7 Å². The second kappa shape index (κ2) is 12.5. The maximum absolute atomic E-state index is 13.7. The molecule has 206 valence electrons. The number of nitrogens with zero attached hydrogens (tertiary/aromatic N) is 6. The molecule has 4 rings (SSSR count). The molecule has 0 saturated carbocycles. The topological polar surface area (TPSA) is 131 Å². The lowest BCUT2D eigenvalue weighted by atomic mass is 9.99. The predicted molar refractivity (Wildman–Crippen MR) is 142 cm³/mol. The van der Waals surface area contributed by atoms with Gasteiger partial charge in [-0.25, -0.2) is 23.4 Å². The van der Waals surface area contributed by atoms with Crippen molar-refractivity contribution in [2.75, 3.05) is 20.8 Å². The highest BCUT2D eigenvalue weighted by Crippen LogP contribution is 2.33. The van der Waals surface area contributed by atoms with Crippen molar-refractivity contribution >= 4 is 21.4 Å². The highest BCUT2D eigenvalue weighted by molar-refractivity contribution is 7.91. The van der Waals surface area contributed by atoms with Crippen LogP contribution in [0.4, 0.5) is 0 Å². The number of sulfone groups is 1. The zero-order chi connectivity index (χ0) is 27.3. The van der Waals surface area contributed by atoms with E-state index in [1.54, 1.807) is 19.1 Å². The SMILES string of the molecule is CC[C@@H]([C@@H]1CCCCO1)n1c(CS(=O)(=O)[C@@H](C)[C@H](OC)c2ncc(Cl)cn2)nnc1-c1cccc(OC)n1. The van der Waals surface area contributed by atoms with Crippen LogP contribution in [0.1, 0.15) is 63.3 Å². The minimum absolute atomic E-state index is 0.0952. The molecular formula is C25H33ClN6O5S. The first kappa shape index (κ1) is 28.3. The van der Waals surface area contributed by atoms with E-state index < -0.39 is 21.2 Å². The molecule has 0 aromatic carbocycles. The van der Waals surface area contributed by atoms with E-state index >= 15 is 0 Å². The van der Waals surface area contributed by atoms with Crippen LogP contribution in [-0.2, 0) is 25.1 Å². The fourth-order valence-corrected chi connectivity index (χ4v) is 6.28. The first-order valence-electron chi connectivity index (χ1n) is 12.6. The van der Waals surface area contributed by atoms with E-state index in [9.17, 15) is 8.42 Å². The van der Waals surface area contributed by atoms with Gasteiger partial charge in [0.15, 0.2) is 21.5 Å². The van der Waals surface area contributed by atoms with Gasteiger partial charge in [0.2, 0.25) is 5.88 Å². The maximum Gasteiger partial charge on any atom is 0.213 e. The normalized spacial score (nSPS) is 18.6. The summed E-state index contributed by atoms with van der Waals surface area (Å²) in [5, 5.41) is 8.14. The standard InChI is InChI=1S/C25H33ClN6O5S/c1-5-19(20-10-6-7-12-37-20)32-21(30-31-25(32)18-9-8-11-22(29-18)35-3)15-38(33,34)16(2)23(36-4)24-27-13-17(26)14-28-24/h8-9,11,13-14,16,19-20,23H,5-7,10,12,15H2,1-4H3/t16-,19-,20-,23-/m0/s1. The van der Waals surface area contributed by atoms with Crippen LogP contribution >= 0.6 is 11.6 Å². The van der Waals surface area contributed by atoms with Gasteiger partial charge in [0.25, 0.3) is 0 Å². The van der Waals surface area contributed by atoms with Gasteiger partial charge >= 0.3 is 0 Å². The van der Waals surface area contributed by atoms with Gasteiger partial charge in [-0.1, -0.05) is 24.6 Å². The number of hydrogen-bond acceptors (Lipinski definition) is 10. The zero-order valence-corrected chi connectivity index (χ0v) is 23.5. The number of rotatable bonds is 11. The Morgan fingerprint density at radius 1 is 1.18 bits per heavy atom. The smallest absolute Gasteiger partial charge is 0.213 e. The molecular weight excluding hydrogens is 532 g/mol. The lowest BCUT2D eigenvalue weighted by Gasteiger charge is -2.32. The molecule has 0 radical (unpaired) electrons. The molecule has 1 fully saturated rings. The summed E-state index contributed by atoms with van der Waals surface area (Å²) in [5.74, 6) is 1.07. The quantitative estimate of drug-likeness (QED) is 0.336. The Kier molecular flexibility index (Phi) is 9.29. The van der Waals surface area contributed by atoms with E-state index in [1.807, 2.05) is 17.6 Å². The number of halogens is 1. The minimum atomic E-state index is -3.81. The van der Waals surface area contributed by atoms with Crippen LogP contribution in [-0.4, -0.2) is 70.3 Å². The highest BCUT2D eigenvalue weighted by atomic mass is 35.5. The van der Waals surface area contributed by atoms with Crippen LogP contribution in [0.25, 0.3) is 11.5 Å². The highest BCUT2D eigenvalue weighted by Gasteiger charge is 2.36. The Balaban J connectivity index is 1.73. The number of hydrogen-bond donors (Lipinski definition) is 0. The van der Waals surface area contributed by atoms with Gasteiger partial charge in [0, 0.05) is 32.2 Å². The Labute approximate surface area is 227 Å². The molecule has 0 aliphatic carbocycles. The monoisotopic (exact) mass is 564 g/mol. The number of aromatic nitrogens is 6. The molecule has 0 amide bonds. The lowest BCUT2D eigenvalue weighted by molar-refractivity contribution is -0.0179. The minimum Gasteiger partial charge on any atom is -0.481 e. The van der Waals surface area contributed by atoms with E-state index in [0.29, 0.717) is 41.3 Å². The molecule has 1 saturated heterocycles. The number of methoxy groups -OCH3 is 2. The third-order valence-electron chi connectivity index (χ3n) is 6.79. The molecule has 0 spiro atoms. The van der Waals surface area contributed by atoms with Crippen molar-refractivity contribution in [2.45, 2.75) is 68.8 Å². The van der Waals surface area contributed by atoms with Crippen LogP contribution in [0.5, 0.6) is 5.88 Å². The molecule has 3 aromatic heterocycles. The average molecular weight is 565 g/mol. The second-order valence-corrected chi connectivity index (χ2v) is 12.0. The molecule has 0 unspecified atom stereocenters. The van der Waals surface area contributed by atoms with Gasteiger partial charge in [-0.2, -0.15) is 0 Å². The molecule has 3 aromatic rings. The Morgan fingerprint density at radius 3 is 2.58 bits per heavy atom. The van der Waals surface area contributed by atoms with Crippen LogP contribution in [0, 0.1) is 0 Å². The molecule has 1 aliphatic rings. The third kappa shape index (κ3) is 6.14. The van der Waals surface area contributed by atoms with Crippen LogP contribution in [0.3, 0.4) is 0 Å². The molecule has 11 nitrogen and oxygen atoms in total. The third-order valence-corrected chi connectivity index (χ3v) is 9.03. The van der Waals surface area contributed by atoms with Crippen molar-refractivity contribution in [3.05, 3.63) is 47.3 Å². The molecule has 1 aliphatic heterocycles. The first-order chi connectivity index (χ1) is 18.3. The summed E-state index contributed by atoms with van der Waals surface area (Å²) < 4.78 is 46.3. The fourth-order valence-electron chi connectivity index (χ4n) is 4.75. The van der Waals surface area contributed by atoms with Gasteiger partial charge < -0.3 is 18.8 Å². The van der Waals surface area contributed by atoms with Crippen molar-refractivity contribution in [2.24, 2.45) is 0 Å². The van der Waals surface area contributed by atoms with E-state index in [4.69, 9.17) is 25.8 Å². The van der Waals surface area contributed by atoms with Crippen LogP contribution in [0.2, 0.25) is 5.02 Å². The molecule has 0 bridgehead atoms.